The Balaban J connectivity index is 2.07. The summed E-state index contributed by atoms with van der Waals surface area (Å²) in [6, 6.07) is 19.6. The van der Waals surface area contributed by atoms with Gasteiger partial charge in [-0.05, 0) is 56.2 Å². The fourth-order valence-electron chi connectivity index (χ4n) is 3.88. The van der Waals surface area contributed by atoms with E-state index in [2.05, 4.69) is 5.32 Å². The van der Waals surface area contributed by atoms with E-state index in [1.165, 1.54) is 30.1 Å². The zero-order valence-electron chi connectivity index (χ0n) is 20.7. The number of aryl methyl sites for hydroxylation is 2. The minimum absolute atomic E-state index is 0.0433. The topological polar surface area (TPSA) is 86.8 Å². The Morgan fingerprint density at radius 1 is 0.972 bits per heavy atom. The van der Waals surface area contributed by atoms with Crippen molar-refractivity contribution in [1.82, 2.24) is 10.2 Å². The zero-order valence-corrected chi connectivity index (χ0v) is 22.3. The van der Waals surface area contributed by atoms with Gasteiger partial charge in [-0.15, -0.1) is 0 Å². The molecule has 0 heterocycles. The molecule has 2 amide bonds. The van der Waals surface area contributed by atoms with Crippen LogP contribution < -0.4 is 9.62 Å². The van der Waals surface area contributed by atoms with Crippen LogP contribution >= 0.6 is 11.6 Å². The number of hydrogen-bond donors (Lipinski definition) is 1. The van der Waals surface area contributed by atoms with Crippen LogP contribution in [0.15, 0.2) is 77.7 Å². The highest BCUT2D eigenvalue weighted by molar-refractivity contribution is 7.92. The number of anilines is 1. The highest BCUT2D eigenvalue weighted by atomic mass is 35.5. The summed E-state index contributed by atoms with van der Waals surface area (Å²) in [6.45, 7) is 4.94. The minimum atomic E-state index is -4.13. The molecule has 1 N–H and O–H groups in total. The first-order valence-electron chi connectivity index (χ1n) is 11.4. The lowest BCUT2D eigenvalue weighted by Crippen LogP contribution is -2.50. The van der Waals surface area contributed by atoms with Crippen LogP contribution in [-0.2, 0) is 26.2 Å². The minimum Gasteiger partial charge on any atom is -0.357 e. The normalized spacial score (nSPS) is 12.0. The van der Waals surface area contributed by atoms with Gasteiger partial charge < -0.3 is 10.2 Å². The van der Waals surface area contributed by atoms with E-state index in [1.807, 2.05) is 31.2 Å². The van der Waals surface area contributed by atoms with Gasteiger partial charge >= 0.3 is 0 Å². The third kappa shape index (κ3) is 6.25. The van der Waals surface area contributed by atoms with Gasteiger partial charge in [-0.1, -0.05) is 65.7 Å². The maximum absolute atomic E-state index is 13.8. The average molecular weight is 528 g/mol. The third-order valence-electron chi connectivity index (χ3n) is 5.90. The van der Waals surface area contributed by atoms with Gasteiger partial charge in [-0.2, -0.15) is 0 Å². The first-order valence-corrected chi connectivity index (χ1v) is 13.3. The first kappa shape index (κ1) is 27.2. The molecule has 0 saturated heterocycles. The van der Waals surface area contributed by atoms with Gasteiger partial charge in [-0.3, -0.25) is 13.9 Å². The van der Waals surface area contributed by atoms with Crippen LogP contribution in [0.2, 0.25) is 5.02 Å². The van der Waals surface area contributed by atoms with E-state index in [0.29, 0.717) is 16.3 Å². The largest absolute Gasteiger partial charge is 0.357 e. The third-order valence-corrected chi connectivity index (χ3v) is 7.91. The number of nitrogens with one attached hydrogen (secondary N) is 1. The Morgan fingerprint density at radius 2 is 1.67 bits per heavy atom. The molecule has 0 bridgehead atoms. The predicted molar refractivity (Wildman–Crippen MR) is 142 cm³/mol. The maximum Gasteiger partial charge on any atom is 0.264 e. The molecule has 0 unspecified atom stereocenters. The van der Waals surface area contributed by atoms with Gasteiger partial charge in [0.05, 0.1) is 10.6 Å². The summed E-state index contributed by atoms with van der Waals surface area (Å²) < 4.78 is 28.6. The number of hydrogen-bond acceptors (Lipinski definition) is 4. The standard InChI is InChI=1S/C27H30ClN3O4S/c1-19-9-8-10-22(15-19)17-30(21(3)27(33)29-4)26(32)18-31(25-16-23(28)14-13-20(25)2)36(34,35)24-11-6-5-7-12-24/h5-16,21H,17-18H2,1-4H3,(H,29,33)/t21-/m1/s1. The number of carbonyl (C=O) groups excluding carboxylic acids is 2. The van der Waals surface area contributed by atoms with Crippen molar-refractivity contribution in [3.05, 3.63) is 94.5 Å². The molecule has 0 aliphatic carbocycles. The molecule has 9 heteroatoms. The zero-order chi connectivity index (χ0) is 26.5. The Bertz CT molecular complexity index is 1350. The van der Waals surface area contributed by atoms with Gasteiger partial charge in [0, 0.05) is 18.6 Å². The molecule has 190 valence electrons. The highest BCUT2D eigenvalue weighted by Gasteiger charge is 2.33. The van der Waals surface area contributed by atoms with Crippen molar-refractivity contribution in [2.75, 3.05) is 17.9 Å². The van der Waals surface area contributed by atoms with E-state index in [4.69, 9.17) is 11.6 Å². The molecule has 0 aromatic heterocycles. The summed E-state index contributed by atoms with van der Waals surface area (Å²) in [5.74, 6) is -0.876. The number of carbonyl (C=O) groups is 2. The summed E-state index contributed by atoms with van der Waals surface area (Å²) >= 11 is 6.22. The average Bonchev–Trinajstić information content (AvgIpc) is 2.86. The van der Waals surface area contributed by atoms with E-state index >= 15 is 0 Å². The lowest BCUT2D eigenvalue weighted by Gasteiger charge is -2.32. The second-order valence-electron chi connectivity index (χ2n) is 8.56. The number of benzene rings is 3. The molecular weight excluding hydrogens is 498 g/mol. The Labute approximate surface area is 217 Å². The van der Waals surface area contributed by atoms with Crippen LogP contribution in [0.1, 0.15) is 23.6 Å². The summed E-state index contributed by atoms with van der Waals surface area (Å²) in [4.78, 5) is 27.7. The predicted octanol–water partition coefficient (Wildman–Crippen LogP) is 4.32. The molecule has 3 aromatic rings. The van der Waals surface area contributed by atoms with Crippen molar-refractivity contribution < 1.29 is 18.0 Å². The molecule has 0 fully saturated rings. The lowest BCUT2D eigenvalue weighted by atomic mass is 10.1. The fourth-order valence-corrected chi connectivity index (χ4v) is 5.54. The maximum atomic E-state index is 13.8. The molecule has 7 nitrogen and oxygen atoms in total. The summed E-state index contributed by atoms with van der Waals surface area (Å²) in [6.07, 6.45) is 0. The van der Waals surface area contributed by atoms with E-state index in [-0.39, 0.29) is 17.3 Å². The molecule has 36 heavy (non-hydrogen) atoms. The molecule has 0 aliphatic heterocycles. The Hall–Kier alpha value is -3.36. The van der Waals surface area contributed by atoms with Crippen LogP contribution in [0.4, 0.5) is 5.69 Å². The van der Waals surface area contributed by atoms with Gasteiger partial charge in [-0.25, -0.2) is 8.42 Å². The summed E-state index contributed by atoms with van der Waals surface area (Å²) in [5.41, 5.74) is 2.77. The first-order chi connectivity index (χ1) is 17.0. The van der Waals surface area contributed by atoms with Crippen molar-refractivity contribution >= 4 is 39.1 Å². The van der Waals surface area contributed by atoms with Crippen molar-refractivity contribution in [2.24, 2.45) is 0 Å². The number of sulfonamides is 1. The number of amides is 2. The van der Waals surface area contributed by atoms with Gasteiger partial charge in [0.15, 0.2) is 0 Å². The number of likely N-dealkylation sites (N-methyl/N-ethyl adjacent to an activating group) is 1. The van der Waals surface area contributed by atoms with Gasteiger partial charge in [0.25, 0.3) is 10.0 Å². The second kappa shape index (κ2) is 11.6. The molecular formula is C27H30ClN3O4S. The second-order valence-corrected chi connectivity index (χ2v) is 10.9. The fraction of sp³-hybridized carbons (Fsp3) is 0.259. The lowest BCUT2D eigenvalue weighted by molar-refractivity contribution is -0.139. The molecule has 3 aromatic carbocycles. The van der Waals surface area contributed by atoms with Crippen molar-refractivity contribution in [3.63, 3.8) is 0 Å². The van der Waals surface area contributed by atoms with Crippen LogP contribution in [0.25, 0.3) is 0 Å². The van der Waals surface area contributed by atoms with Crippen molar-refractivity contribution in [2.45, 2.75) is 38.3 Å². The Morgan fingerprint density at radius 3 is 2.31 bits per heavy atom. The summed E-state index contributed by atoms with van der Waals surface area (Å²) in [7, 11) is -2.63. The molecule has 0 aliphatic rings. The van der Waals surface area contributed by atoms with Crippen molar-refractivity contribution in [3.8, 4) is 0 Å². The number of rotatable bonds is 9. The van der Waals surface area contributed by atoms with Crippen LogP contribution in [0, 0.1) is 13.8 Å². The molecule has 0 radical (unpaired) electrons. The van der Waals surface area contributed by atoms with Gasteiger partial charge in [0.2, 0.25) is 11.8 Å². The number of nitrogens with zero attached hydrogens (tertiary/aromatic N) is 2. The molecule has 0 saturated carbocycles. The van der Waals surface area contributed by atoms with E-state index in [9.17, 15) is 18.0 Å². The SMILES string of the molecule is CNC(=O)[C@@H](C)N(Cc1cccc(C)c1)C(=O)CN(c1cc(Cl)ccc1C)S(=O)(=O)c1ccccc1. The summed E-state index contributed by atoms with van der Waals surface area (Å²) in [5, 5.41) is 2.91. The van der Waals surface area contributed by atoms with Crippen LogP contribution in [0.5, 0.6) is 0 Å². The van der Waals surface area contributed by atoms with Crippen LogP contribution in [0.3, 0.4) is 0 Å². The molecule has 0 spiro atoms. The van der Waals surface area contributed by atoms with Crippen molar-refractivity contribution in [1.29, 1.82) is 0 Å². The van der Waals surface area contributed by atoms with E-state index in [1.54, 1.807) is 44.2 Å². The monoisotopic (exact) mass is 527 g/mol. The highest BCUT2D eigenvalue weighted by Crippen LogP contribution is 2.30. The molecule has 3 rings (SSSR count). The smallest absolute Gasteiger partial charge is 0.264 e. The van der Waals surface area contributed by atoms with Gasteiger partial charge in [0.1, 0.15) is 12.6 Å². The quantitative estimate of drug-likeness (QED) is 0.449. The van der Waals surface area contributed by atoms with Crippen LogP contribution in [-0.4, -0.2) is 44.8 Å². The Kier molecular flexibility index (Phi) is 8.76. The van der Waals surface area contributed by atoms with E-state index in [0.717, 1.165) is 15.4 Å². The number of halogens is 1. The van der Waals surface area contributed by atoms with E-state index < -0.39 is 28.5 Å². The molecule has 1 atom stereocenters.